The average Bonchev–Trinajstić information content (AvgIpc) is 2.38. The quantitative estimate of drug-likeness (QED) is 0.895. The van der Waals surface area contributed by atoms with Crippen molar-refractivity contribution in [1.82, 2.24) is 0 Å². The lowest BCUT2D eigenvalue weighted by molar-refractivity contribution is 0.102. The average molecular weight is 334 g/mol. The van der Waals surface area contributed by atoms with Gasteiger partial charge in [-0.3, -0.25) is 4.79 Å². The molecule has 2 aromatic carbocycles. The number of benzene rings is 2. The molecule has 1 amide bonds. The van der Waals surface area contributed by atoms with Crippen LogP contribution in [0, 0.1) is 0 Å². The Bertz CT molecular complexity index is 611. The highest BCUT2D eigenvalue weighted by Gasteiger charge is 2.13. The van der Waals surface area contributed by atoms with Crippen molar-refractivity contribution in [2.45, 2.75) is 20.0 Å². The lowest BCUT2D eigenvalue weighted by atomic mass is 10.2. The van der Waals surface area contributed by atoms with Crippen LogP contribution in [0.2, 0.25) is 0 Å². The molecule has 3 nitrogen and oxygen atoms in total. The third-order valence-electron chi connectivity index (χ3n) is 2.58. The molecule has 4 heteroatoms. The van der Waals surface area contributed by atoms with Crippen molar-refractivity contribution in [3.05, 3.63) is 58.6 Å². The molecule has 0 aromatic heterocycles. The topological polar surface area (TPSA) is 38.3 Å². The Balaban J connectivity index is 2.21. The molecule has 0 bridgehead atoms. The molecule has 0 spiro atoms. The van der Waals surface area contributed by atoms with Crippen LogP contribution in [0.25, 0.3) is 0 Å². The molecule has 104 valence electrons. The van der Waals surface area contributed by atoms with E-state index in [-0.39, 0.29) is 12.0 Å². The van der Waals surface area contributed by atoms with E-state index in [0.29, 0.717) is 11.3 Å². The predicted octanol–water partition coefficient (Wildman–Crippen LogP) is 4.49. The summed E-state index contributed by atoms with van der Waals surface area (Å²) in [6.45, 7) is 3.87. The minimum absolute atomic E-state index is 0.0230. The monoisotopic (exact) mass is 333 g/mol. The number of carbonyl (C=O) groups excluding carboxylic acids is 1. The van der Waals surface area contributed by atoms with Crippen LogP contribution < -0.4 is 10.1 Å². The molecule has 0 saturated carbocycles. The number of rotatable bonds is 4. The fourth-order valence-corrected chi connectivity index (χ4v) is 2.17. The van der Waals surface area contributed by atoms with Crippen molar-refractivity contribution in [3.63, 3.8) is 0 Å². The van der Waals surface area contributed by atoms with Crippen LogP contribution in [0.3, 0.4) is 0 Å². The highest BCUT2D eigenvalue weighted by Crippen LogP contribution is 2.22. The van der Waals surface area contributed by atoms with Gasteiger partial charge in [-0.15, -0.1) is 0 Å². The van der Waals surface area contributed by atoms with Gasteiger partial charge in [-0.2, -0.15) is 0 Å². The highest BCUT2D eigenvalue weighted by molar-refractivity contribution is 9.10. The predicted molar refractivity (Wildman–Crippen MR) is 84.3 cm³/mol. The molecule has 0 aliphatic heterocycles. The van der Waals surface area contributed by atoms with Gasteiger partial charge in [-0.05, 0) is 44.2 Å². The molecule has 0 radical (unpaired) electrons. The van der Waals surface area contributed by atoms with E-state index in [1.807, 2.05) is 50.2 Å². The summed E-state index contributed by atoms with van der Waals surface area (Å²) in [5.41, 5.74) is 1.27. The van der Waals surface area contributed by atoms with Crippen molar-refractivity contribution in [1.29, 1.82) is 0 Å². The van der Waals surface area contributed by atoms with E-state index >= 15 is 0 Å². The molecule has 0 aliphatic carbocycles. The van der Waals surface area contributed by atoms with E-state index in [1.165, 1.54) is 0 Å². The molecule has 0 fully saturated rings. The highest BCUT2D eigenvalue weighted by atomic mass is 79.9. The van der Waals surface area contributed by atoms with E-state index in [9.17, 15) is 4.79 Å². The smallest absolute Gasteiger partial charge is 0.259 e. The first-order valence-corrected chi connectivity index (χ1v) is 7.18. The Morgan fingerprint density at radius 3 is 2.60 bits per heavy atom. The van der Waals surface area contributed by atoms with Crippen LogP contribution in [-0.4, -0.2) is 12.0 Å². The zero-order chi connectivity index (χ0) is 14.5. The van der Waals surface area contributed by atoms with Gasteiger partial charge in [0.1, 0.15) is 5.75 Å². The minimum Gasteiger partial charge on any atom is -0.490 e. The number of anilines is 1. The maximum Gasteiger partial charge on any atom is 0.259 e. The van der Waals surface area contributed by atoms with Crippen molar-refractivity contribution >= 4 is 27.5 Å². The normalized spacial score (nSPS) is 10.4. The van der Waals surface area contributed by atoms with Crippen molar-refractivity contribution < 1.29 is 9.53 Å². The van der Waals surface area contributed by atoms with Crippen LogP contribution in [0.5, 0.6) is 5.75 Å². The van der Waals surface area contributed by atoms with Crippen molar-refractivity contribution in [3.8, 4) is 5.75 Å². The van der Waals surface area contributed by atoms with E-state index in [4.69, 9.17) is 4.74 Å². The van der Waals surface area contributed by atoms with Gasteiger partial charge in [0.05, 0.1) is 11.7 Å². The van der Waals surface area contributed by atoms with Crippen molar-refractivity contribution in [2.24, 2.45) is 0 Å². The summed E-state index contributed by atoms with van der Waals surface area (Å²) in [6.07, 6.45) is 0.0230. The summed E-state index contributed by atoms with van der Waals surface area (Å²) in [7, 11) is 0. The van der Waals surface area contributed by atoms with Crippen molar-refractivity contribution in [2.75, 3.05) is 5.32 Å². The SMILES string of the molecule is CC(C)Oc1ccccc1C(=O)Nc1cccc(Br)c1. The molecule has 0 aliphatic rings. The summed E-state index contributed by atoms with van der Waals surface area (Å²) in [4.78, 5) is 12.3. The Morgan fingerprint density at radius 1 is 1.15 bits per heavy atom. The van der Waals surface area contributed by atoms with Crippen LogP contribution in [0.15, 0.2) is 53.0 Å². The molecule has 0 atom stereocenters. The fourth-order valence-electron chi connectivity index (χ4n) is 1.78. The van der Waals surface area contributed by atoms with Gasteiger partial charge in [0, 0.05) is 10.2 Å². The minimum atomic E-state index is -0.181. The lowest BCUT2D eigenvalue weighted by Crippen LogP contribution is -2.15. The first kappa shape index (κ1) is 14.6. The third-order valence-corrected chi connectivity index (χ3v) is 3.07. The molecule has 2 rings (SSSR count). The number of ether oxygens (including phenoxy) is 1. The molecule has 1 N–H and O–H groups in total. The fraction of sp³-hybridized carbons (Fsp3) is 0.188. The maximum atomic E-state index is 12.3. The largest absolute Gasteiger partial charge is 0.490 e. The molecule has 0 heterocycles. The summed E-state index contributed by atoms with van der Waals surface area (Å²) >= 11 is 3.38. The van der Waals surface area contributed by atoms with E-state index in [0.717, 1.165) is 10.2 Å². The van der Waals surface area contributed by atoms with Crippen LogP contribution >= 0.6 is 15.9 Å². The Kier molecular flexibility index (Phi) is 4.79. The van der Waals surface area contributed by atoms with Gasteiger partial charge >= 0.3 is 0 Å². The molecule has 0 unspecified atom stereocenters. The van der Waals surface area contributed by atoms with Gasteiger partial charge in [0.15, 0.2) is 0 Å². The molecular formula is C16H16BrNO2. The Morgan fingerprint density at radius 2 is 1.90 bits per heavy atom. The lowest BCUT2D eigenvalue weighted by Gasteiger charge is -2.14. The second-order valence-electron chi connectivity index (χ2n) is 4.63. The molecular weight excluding hydrogens is 318 g/mol. The van der Waals surface area contributed by atoms with Crippen LogP contribution in [-0.2, 0) is 0 Å². The van der Waals surface area contributed by atoms with E-state index in [1.54, 1.807) is 12.1 Å². The number of hydrogen-bond donors (Lipinski definition) is 1. The summed E-state index contributed by atoms with van der Waals surface area (Å²) in [5, 5.41) is 2.86. The van der Waals surface area contributed by atoms with Crippen LogP contribution in [0.4, 0.5) is 5.69 Å². The van der Waals surface area contributed by atoms with Gasteiger partial charge in [-0.25, -0.2) is 0 Å². The second kappa shape index (κ2) is 6.57. The molecule has 0 saturated heterocycles. The number of amides is 1. The van der Waals surface area contributed by atoms with Gasteiger partial charge in [-0.1, -0.05) is 34.1 Å². The number of carbonyl (C=O) groups is 1. The Labute approximate surface area is 127 Å². The third kappa shape index (κ3) is 3.84. The van der Waals surface area contributed by atoms with E-state index in [2.05, 4.69) is 21.2 Å². The summed E-state index contributed by atoms with van der Waals surface area (Å²) < 4.78 is 6.58. The number of nitrogens with one attached hydrogen (secondary N) is 1. The van der Waals surface area contributed by atoms with Gasteiger partial charge in [0.25, 0.3) is 5.91 Å². The first-order chi connectivity index (χ1) is 9.56. The number of halogens is 1. The van der Waals surface area contributed by atoms with Gasteiger partial charge in [0.2, 0.25) is 0 Å². The first-order valence-electron chi connectivity index (χ1n) is 6.39. The van der Waals surface area contributed by atoms with Gasteiger partial charge < -0.3 is 10.1 Å². The zero-order valence-electron chi connectivity index (χ0n) is 11.4. The van der Waals surface area contributed by atoms with E-state index < -0.39 is 0 Å². The maximum absolute atomic E-state index is 12.3. The number of hydrogen-bond acceptors (Lipinski definition) is 2. The standard InChI is InChI=1S/C16H16BrNO2/c1-11(2)20-15-9-4-3-8-14(15)16(19)18-13-7-5-6-12(17)10-13/h3-11H,1-2H3,(H,18,19). The Hall–Kier alpha value is -1.81. The second-order valence-corrected chi connectivity index (χ2v) is 5.54. The van der Waals surface area contributed by atoms with Crippen LogP contribution in [0.1, 0.15) is 24.2 Å². The summed E-state index contributed by atoms with van der Waals surface area (Å²) in [6, 6.07) is 14.7. The zero-order valence-corrected chi connectivity index (χ0v) is 13.0. The summed E-state index contributed by atoms with van der Waals surface area (Å²) in [5.74, 6) is 0.411. The number of para-hydroxylation sites is 1. The molecule has 20 heavy (non-hydrogen) atoms. The molecule has 2 aromatic rings.